The number of aryl methyl sites for hydroxylation is 1. The number of nitrogens with one attached hydrogen (secondary N) is 2. The van der Waals surface area contributed by atoms with Crippen molar-refractivity contribution < 1.29 is 0 Å². The molecule has 0 bridgehead atoms. The molecule has 1 aromatic carbocycles. The van der Waals surface area contributed by atoms with Crippen LogP contribution in [0.2, 0.25) is 0 Å². The van der Waals surface area contributed by atoms with E-state index in [1.807, 2.05) is 30.5 Å². The largest absolute Gasteiger partial charge is 0.397 e. The zero-order valence-electron chi connectivity index (χ0n) is 11.1. The van der Waals surface area contributed by atoms with Gasteiger partial charge < -0.3 is 16.0 Å². The number of nitrogens with two attached hydrogens (primary N) is 1. The van der Waals surface area contributed by atoms with Crippen molar-refractivity contribution in [2.45, 2.75) is 12.8 Å². The number of benzene rings is 1. The van der Waals surface area contributed by atoms with E-state index in [1.165, 1.54) is 0 Å². The third kappa shape index (κ3) is 2.56. The Labute approximate surface area is 117 Å². The number of anilines is 2. The fraction of sp³-hybridized carbons (Fsp3) is 0.200. The molecule has 0 spiro atoms. The standard InChI is InChI=1S/C15H17N5/c16-15-11-3-1-7-17-12(11)5-6-13(15)18-8-2-4-14-19-9-10-20-14/h1,3,5-7,9-10,18H,2,4,8,16H2,(H,19,20). The Morgan fingerprint density at radius 2 is 2.10 bits per heavy atom. The molecule has 102 valence electrons. The van der Waals surface area contributed by atoms with E-state index in [4.69, 9.17) is 5.73 Å². The van der Waals surface area contributed by atoms with Crippen LogP contribution in [-0.4, -0.2) is 21.5 Å². The summed E-state index contributed by atoms with van der Waals surface area (Å²) >= 11 is 0. The Bertz CT molecular complexity index is 691. The van der Waals surface area contributed by atoms with Crippen LogP contribution in [0.5, 0.6) is 0 Å². The maximum atomic E-state index is 6.17. The number of nitrogens with zero attached hydrogens (tertiary/aromatic N) is 2. The van der Waals surface area contributed by atoms with Gasteiger partial charge in [0.25, 0.3) is 0 Å². The summed E-state index contributed by atoms with van der Waals surface area (Å²) in [5, 5.41) is 4.36. The number of pyridine rings is 1. The molecule has 0 saturated heterocycles. The zero-order chi connectivity index (χ0) is 13.8. The van der Waals surface area contributed by atoms with Crippen LogP contribution in [0.25, 0.3) is 10.9 Å². The highest BCUT2D eigenvalue weighted by atomic mass is 14.9. The summed E-state index contributed by atoms with van der Waals surface area (Å²) in [6, 6.07) is 7.86. The lowest BCUT2D eigenvalue weighted by molar-refractivity contribution is 0.817. The highest BCUT2D eigenvalue weighted by Gasteiger charge is 2.04. The van der Waals surface area contributed by atoms with Crippen molar-refractivity contribution in [2.24, 2.45) is 0 Å². The molecule has 5 nitrogen and oxygen atoms in total. The van der Waals surface area contributed by atoms with Crippen LogP contribution in [0.4, 0.5) is 11.4 Å². The molecule has 0 amide bonds. The number of aromatic nitrogens is 3. The molecule has 4 N–H and O–H groups in total. The average Bonchev–Trinajstić information content (AvgIpc) is 2.99. The lowest BCUT2D eigenvalue weighted by Gasteiger charge is -2.11. The number of hydrogen-bond acceptors (Lipinski definition) is 4. The van der Waals surface area contributed by atoms with E-state index < -0.39 is 0 Å². The van der Waals surface area contributed by atoms with Crippen LogP contribution >= 0.6 is 0 Å². The Hall–Kier alpha value is -2.56. The number of H-pyrrole nitrogens is 1. The molecule has 0 fully saturated rings. The van der Waals surface area contributed by atoms with Crippen molar-refractivity contribution >= 4 is 22.3 Å². The molecule has 5 heteroatoms. The van der Waals surface area contributed by atoms with Crippen molar-refractivity contribution in [3.63, 3.8) is 0 Å². The number of hydrogen-bond donors (Lipinski definition) is 3. The number of fused-ring (bicyclic) bond motifs is 1. The normalized spacial score (nSPS) is 10.8. The summed E-state index contributed by atoms with van der Waals surface area (Å²) in [6.07, 6.45) is 7.32. The van der Waals surface area contributed by atoms with Crippen LogP contribution in [0, 0.1) is 0 Å². The van der Waals surface area contributed by atoms with E-state index >= 15 is 0 Å². The molecule has 0 radical (unpaired) electrons. The van der Waals surface area contributed by atoms with Gasteiger partial charge >= 0.3 is 0 Å². The maximum Gasteiger partial charge on any atom is 0.106 e. The van der Waals surface area contributed by atoms with Gasteiger partial charge in [-0.15, -0.1) is 0 Å². The minimum absolute atomic E-state index is 0.758. The first-order valence-corrected chi connectivity index (χ1v) is 6.70. The van der Waals surface area contributed by atoms with Crippen LogP contribution < -0.4 is 11.1 Å². The predicted octanol–water partition coefficient (Wildman–Crippen LogP) is 2.58. The van der Waals surface area contributed by atoms with Crippen LogP contribution in [-0.2, 0) is 6.42 Å². The van der Waals surface area contributed by atoms with Gasteiger partial charge in [-0.05, 0) is 30.7 Å². The van der Waals surface area contributed by atoms with E-state index in [-0.39, 0.29) is 0 Å². The zero-order valence-corrected chi connectivity index (χ0v) is 11.1. The van der Waals surface area contributed by atoms with Crippen LogP contribution in [0.3, 0.4) is 0 Å². The smallest absolute Gasteiger partial charge is 0.106 e. The molecule has 3 rings (SSSR count). The van der Waals surface area contributed by atoms with Crippen molar-refractivity contribution in [1.29, 1.82) is 0 Å². The number of imidazole rings is 1. The van der Waals surface area contributed by atoms with Gasteiger partial charge in [0.2, 0.25) is 0 Å². The summed E-state index contributed by atoms with van der Waals surface area (Å²) < 4.78 is 0. The third-order valence-corrected chi connectivity index (χ3v) is 3.29. The highest BCUT2D eigenvalue weighted by molar-refractivity contribution is 5.96. The van der Waals surface area contributed by atoms with Crippen molar-refractivity contribution in [2.75, 3.05) is 17.6 Å². The Kier molecular flexibility index (Phi) is 3.50. The second-order valence-corrected chi connectivity index (χ2v) is 4.66. The molecule has 0 unspecified atom stereocenters. The minimum atomic E-state index is 0.758. The molecule has 0 aliphatic carbocycles. The summed E-state index contributed by atoms with van der Waals surface area (Å²) in [7, 11) is 0. The fourth-order valence-electron chi connectivity index (χ4n) is 2.24. The molecular formula is C15H17N5. The lowest BCUT2D eigenvalue weighted by Crippen LogP contribution is -2.06. The van der Waals surface area contributed by atoms with E-state index in [0.29, 0.717) is 0 Å². The van der Waals surface area contributed by atoms with Gasteiger partial charge in [0, 0.05) is 36.9 Å². The Balaban J connectivity index is 1.64. The molecule has 3 aromatic rings. The summed E-state index contributed by atoms with van der Waals surface area (Å²) in [4.78, 5) is 11.6. The van der Waals surface area contributed by atoms with Gasteiger partial charge in [-0.1, -0.05) is 0 Å². The SMILES string of the molecule is Nc1c(NCCCc2ncc[nH]2)ccc2ncccc12. The topological polar surface area (TPSA) is 79.6 Å². The number of aromatic amines is 1. The van der Waals surface area contributed by atoms with E-state index in [9.17, 15) is 0 Å². The third-order valence-electron chi connectivity index (χ3n) is 3.29. The summed E-state index contributed by atoms with van der Waals surface area (Å²) in [6.45, 7) is 0.858. The first kappa shape index (κ1) is 12.5. The van der Waals surface area contributed by atoms with Gasteiger partial charge in [-0.25, -0.2) is 4.98 Å². The van der Waals surface area contributed by atoms with Gasteiger partial charge in [-0.2, -0.15) is 0 Å². The maximum absolute atomic E-state index is 6.17. The molecule has 0 aliphatic heterocycles. The van der Waals surface area contributed by atoms with Crippen molar-refractivity contribution in [3.05, 3.63) is 48.7 Å². The monoisotopic (exact) mass is 267 g/mol. The highest BCUT2D eigenvalue weighted by Crippen LogP contribution is 2.27. The van der Waals surface area contributed by atoms with Gasteiger partial charge in [0.05, 0.1) is 16.9 Å². The first-order chi connectivity index (χ1) is 9.84. The van der Waals surface area contributed by atoms with Gasteiger partial charge in [-0.3, -0.25) is 4.98 Å². The van der Waals surface area contributed by atoms with E-state index in [0.717, 1.165) is 47.5 Å². The lowest BCUT2D eigenvalue weighted by atomic mass is 10.1. The van der Waals surface area contributed by atoms with Crippen LogP contribution in [0.15, 0.2) is 42.9 Å². The van der Waals surface area contributed by atoms with E-state index in [1.54, 1.807) is 12.4 Å². The molecule has 20 heavy (non-hydrogen) atoms. The second kappa shape index (κ2) is 5.61. The van der Waals surface area contributed by atoms with Gasteiger partial charge in [0.15, 0.2) is 0 Å². The molecule has 0 atom stereocenters. The number of rotatable bonds is 5. The predicted molar refractivity (Wildman–Crippen MR) is 81.6 cm³/mol. The molecule has 0 aliphatic rings. The van der Waals surface area contributed by atoms with Gasteiger partial charge in [0.1, 0.15) is 5.82 Å². The second-order valence-electron chi connectivity index (χ2n) is 4.66. The summed E-state index contributed by atoms with van der Waals surface area (Å²) in [5.74, 6) is 1.02. The quantitative estimate of drug-likeness (QED) is 0.490. The van der Waals surface area contributed by atoms with Crippen molar-refractivity contribution in [3.8, 4) is 0 Å². The van der Waals surface area contributed by atoms with E-state index in [2.05, 4.69) is 20.3 Å². The Morgan fingerprint density at radius 3 is 2.95 bits per heavy atom. The number of nitrogen functional groups attached to an aromatic ring is 1. The van der Waals surface area contributed by atoms with Crippen LogP contribution in [0.1, 0.15) is 12.2 Å². The van der Waals surface area contributed by atoms with Crippen molar-refractivity contribution in [1.82, 2.24) is 15.0 Å². The molecular weight excluding hydrogens is 250 g/mol. The Morgan fingerprint density at radius 1 is 1.15 bits per heavy atom. The fourth-order valence-corrected chi connectivity index (χ4v) is 2.24. The molecule has 0 saturated carbocycles. The first-order valence-electron chi connectivity index (χ1n) is 6.70. The molecule has 2 heterocycles. The minimum Gasteiger partial charge on any atom is -0.397 e. The summed E-state index contributed by atoms with van der Waals surface area (Å²) in [5.41, 5.74) is 8.82. The average molecular weight is 267 g/mol. The molecule has 2 aromatic heterocycles.